The van der Waals surface area contributed by atoms with Gasteiger partial charge in [0.15, 0.2) is 0 Å². The first-order chi connectivity index (χ1) is 23.7. The van der Waals surface area contributed by atoms with Crippen LogP contribution in [0.2, 0.25) is 0 Å². The fourth-order valence-electron chi connectivity index (χ4n) is 5.33. The van der Waals surface area contributed by atoms with Gasteiger partial charge in [0.25, 0.3) is 10.0 Å². The smallest absolute Gasteiger partial charge is 0.264 e. The Labute approximate surface area is 289 Å². The van der Waals surface area contributed by atoms with Crippen molar-refractivity contribution in [1.82, 2.24) is 10.2 Å². The maximum atomic E-state index is 14.6. The summed E-state index contributed by atoms with van der Waals surface area (Å²) >= 11 is 0. The molecule has 2 amide bonds. The van der Waals surface area contributed by atoms with Crippen molar-refractivity contribution in [3.63, 3.8) is 0 Å². The monoisotopic (exact) mass is 675 g/mol. The van der Waals surface area contributed by atoms with Crippen molar-refractivity contribution >= 4 is 27.5 Å². The summed E-state index contributed by atoms with van der Waals surface area (Å²) in [6.45, 7) is 3.46. The van der Waals surface area contributed by atoms with Gasteiger partial charge in [-0.05, 0) is 73.0 Å². The van der Waals surface area contributed by atoms with Crippen LogP contribution in [-0.4, -0.2) is 43.8 Å². The topological polar surface area (TPSA) is 96.0 Å². The second-order valence-electron chi connectivity index (χ2n) is 11.8. The van der Waals surface area contributed by atoms with Gasteiger partial charge in [-0.2, -0.15) is 0 Å². The van der Waals surface area contributed by atoms with E-state index in [1.165, 1.54) is 17.0 Å². The highest BCUT2D eigenvalue weighted by Crippen LogP contribution is 2.29. The van der Waals surface area contributed by atoms with Crippen LogP contribution in [0, 0.1) is 0 Å². The molecule has 0 saturated heterocycles. The van der Waals surface area contributed by atoms with Crippen molar-refractivity contribution in [3.8, 4) is 11.5 Å². The van der Waals surface area contributed by atoms with E-state index in [1.807, 2.05) is 105 Å². The lowest BCUT2D eigenvalue weighted by Gasteiger charge is -2.34. The van der Waals surface area contributed by atoms with Gasteiger partial charge in [-0.25, -0.2) is 8.42 Å². The van der Waals surface area contributed by atoms with Crippen molar-refractivity contribution < 1.29 is 22.7 Å². The molecule has 8 nitrogen and oxygen atoms in total. The van der Waals surface area contributed by atoms with E-state index in [2.05, 4.69) is 5.32 Å². The van der Waals surface area contributed by atoms with Gasteiger partial charge in [0, 0.05) is 19.0 Å². The zero-order valence-electron chi connectivity index (χ0n) is 27.7. The summed E-state index contributed by atoms with van der Waals surface area (Å²) in [6, 6.07) is 41.7. The first kappa shape index (κ1) is 34.9. The molecular formula is C40H41N3O5S. The van der Waals surface area contributed by atoms with Crippen LogP contribution in [0.1, 0.15) is 31.4 Å². The number of benzene rings is 5. The van der Waals surface area contributed by atoms with Gasteiger partial charge in [-0.3, -0.25) is 13.9 Å². The van der Waals surface area contributed by atoms with E-state index in [0.29, 0.717) is 17.9 Å². The lowest BCUT2D eigenvalue weighted by atomic mass is 10.0. The number of carbonyl (C=O) groups is 2. The molecule has 9 heteroatoms. The zero-order chi connectivity index (χ0) is 34.6. The van der Waals surface area contributed by atoms with Crippen LogP contribution in [0.5, 0.6) is 11.5 Å². The third kappa shape index (κ3) is 9.36. The number of hydrogen-bond donors (Lipinski definition) is 1. The van der Waals surface area contributed by atoms with Crippen LogP contribution in [0.3, 0.4) is 0 Å². The molecule has 0 saturated carbocycles. The lowest BCUT2D eigenvalue weighted by Crippen LogP contribution is -2.54. The van der Waals surface area contributed by atoms with Crippen molar-refractivity contribution in [2.75, 3.05) is 10.8 Å². The fraction of sp³-hybridized carbons (Fsp3) is 0.200. The molecule has 0 spiro atoms. The summed E-state index contributed by atoms with van der Waals surface area (Å²) in [7, 11) is -4.21. The molecule has 5 aromatic carbocycles. The Morgan fingerprint density at radius 1 is 0.694 bits per heavy atom. The van der Waals surface area contributed by atoms with E-state index in [-0.39, 0.29) is 35.5 Å². The van der Waals surface area contributed by atoms with E-state index < -0.39 is 28.5 Å². The molecular weight excluding hydrogens is 635 g/mol. The molecule has 5 aromatic rings. The number of ether oxygens (including phenoxy) is 1. The molecule has 0 fully saturated rings. The average Bonchev–Trinajstić information content (AvgIpc) is 3.14. The number of nitrogens with zero attached hydrogens (tertiary/aromatic N) is 2. The molecule has 49 heavy (non-hydrogen) atoms. The minimum absolute atomic E-state index is 0.0392. The molecule has 0 aliphatic rings. The van der Waals surface area contributed by atoms with Gasteiger partial charge in [0.1, 0.15) is 24.1 Å². The summed E-state index contributed by atoms with van der Waals surface area (Å²) in [5.74, 6) is 0.320. The minimum atomic E-state index is -4.21. The Morgan fingerprint density at radius 2 is 1.20 bits per heavy atom. The summed E-state index contributed by atoms with van der Waals surface area (Å²) < 4.78 is 35.5. The van der Waals surface area contributed by atoms with Crippen LogP contribution < -0.4 is 14.4 Å². The van der Waals surface area contributed by atoms with E-state index >= 15 is 0 Å². The van der Waals surface area contributed by atoms with Crippen LogP contribution >= 0.6 is 0 Å². The Balaban J connectivity index is 1.54. The largest absolute Gasteiger partial charge is 0.457 e. The Bertz CT molecular complexity index is 1890. The molecule has 0 radical (unpaired) electrons. The molecule has 252 valence electrons. The van der Waals surface area contributed by atoms with Crippen LogP contribution in [0.15, 0.2) is 150 Å². The summed E-state index contributed by atoms with van der Waals surface area (Å²) in [6.07, 6.45) is 0.960. The number of amides is 2. The van der Waals surface area contributed by atoms with Gasteiger partial charge in [0.2, 0.25) is 11.8 Å². The quantitative estimate of drug-likeness (QED) is 0.126. The zero-order valence-corrected chi connectivity index (χ0v) is 28.5. The Hall–Kier alpha value is -5.41. The number of hydrogen-bond acceptors (Lipinski definition) is 5. The number of rotatable bonds is 15. The number of para-hydroxylation sites is 1. The second-order valence-corrected chi connectivity index (χ2v) is 13.6. The first-order valence-corrected chi connectivity index (χ1v) is 17.8. The fourth-order valence-corrected chi connectivity index (χ4v) is 6.76. The average molecular weight is 676 g/mol. The molecule has 0 aromatic heterocycles. The van der Waals surface area contributed by atoms with E-state index in [1.54, 1.807) is 42.5 Å². The predicted octanol–water partition coefficient (Wildman–Crippen LogP) is 7.23. The number of nitrogens with one attached hydrogen (secondary N) is 1. The van der Waals surface area contributed by atoms with Crippen molar-refractivity contribution in [2.45, 2.75) is 50.2 Å². The molecule has 0 unspecified atom stereocenters. The molecule has 2 atom stereocenters. The molecule has 0 bridgehead atoms. The summed E-state index contributed by atoms with van der Waals surface area (Å²) in [5.41, 5.74) is 1.96. The first-order valence-electron chi connectivity index (χ1n) is 16.3. The highest BCUT2D eigenvalue weighted by Gasteiger charge is 2.35. The van der Waals surface area contributed by atoms with Gasteiger partial charge in [0.05, 0.1) is 10.6 Å². The number of carbonyl (C=O) groups excluding carboxylic acids is 2. The third-order valence-corrected chi connectivity index (χ3v) is 9.97. The van der Waals surface area contributed by atoms with E-state index in [9.17, 15) is 18.0 Å². The highest BCUT2D eigenvalue weighted by atomic mass is 32.2. The maximum Gasteiger partial charge on any atom is 0.264 e. The summed E-state index contributed by atoms with van der Waals surface area (Å²) in [4.78, 5) is 30.1. The third-order valence-electron chi connectivity index (χ3n) is 8.18. The molecule has 0 aliphatic heterocycles. The Morgan fingerprint density at radius 3 is 1.78 bits per heavy atom. The second kappa shape index (κ2) is 16.6. The number of anilines is 1. The highest BCUT2D eigenvalue weighted by molar-refractivity contribution is 7.92. The van der Waals surface area contributed by atoms with E-state index in [0.717, 1.165) is 15.4 Å². The maximum absolute atomic E-state index is 14.6. The molecule has 0 heterocycles. The minimum Gasteiger partial charge on any atom is -0.457 e. The standard InChI is InChI=1S/C40H41N3O5S/c1-3-31(2)41-40(45)38(28-32-16-8-4-9-17-32)42(29-33-18-10-5-11-19-33)39(44)30-43(49(46,47)37-22-14-7-15-23-37)34-24-26-36(27-25-34)48-35-20-12-6-13-21-35/h4-27,31,38H,3,28-30H2,1-2H3,(H,41,45)/t31-,38+/m1/s1. The van der Waals surface area contributed by atoms with Crippen molar-refractivity contribution in [3.05, 3.63) is 157 Å². The SMILES string of the molecule is CC[C@@H](C)NC(=O)[C@H](Cc1ccccc1)N(Cc1ccccc1)C(=O)CN(c1ccc(Oc2ccccc2)cc1)S(=O)(=O)c1ccccc1. The van der Waals surface area contributed by atoms with Crippen molar-refractivity contribution in [2.24, 2.45) is 0 Å². The Kier molecular flexibility index (Phi) is 11.8. The molecule has 1 N–H and O–H groups in total. The van der Waals surface area contributed by atoms with E-state index in [4.69, 9.17) is 4.74 Å². The predicted molar refractivity (Wildman–Crippen MR) is 193 cm³/mol. The van der Waals surface area contributed by atoms with Crippen molar-refractivity contribution in [1.29, 1.82) is 0 Å². The molecule has 0 aliphatic carbocycles. The van der Waals surface area contributed by atoms with Gasteiger partial charge < -0.3 is 15.0 Å². The van der Waals surface area contributed by atoms with Crippen LogP contribution in [0.25, 0.3) is 0 Å². The summed E-state index contributed by atoms with van der Waals surface area (Å²) in [5, 5.41) is 3.06. The molecule has 5 rings (SSSR count). The lowest BCUT2D eigenvalue weighted by molar-refractivity contribution is -0.140. The van der Waals surface area contributed by atoms with Crippen LogP contribution in [0.4, 0.5) is 5.69 Å². The number of sulfonamides is 1. The van der Waals surface area contributed by atoms with Gasteiger partial charge in [-0.1, -0.05) is 104 Å². The van der Waals surface area contributed by atoms with Gasteiger partial charge >= 0.3 is 0 Å². The van der Waals surface area contributed by atoms with Gasteiger partial charge in [-0.15, -0.1) is 0 Å². The normalized spacial score (nSPS) is 12.4. The van der Waals surface area contributed by atoms with Crippen LogP contribution in [-0.2, 0) is 32.6 Å².